The standard InChI is InChI=1S/C26H20ClN7O/c27-20-3-1-2-18-21(6-9-31-23(18)20)34-22-11-16(15-4-7-30-8-5-15)10-19(25(29)32-14-28)24(22)33-26(34)17-12-35-13-17/h1-11,14,17H,12-13H2,(H3,28,29,32). The molecule has 9 heteroatoms. The molecule has 2 aromatic carbocycles. The maximum Gasteiger partial charge on any atom is 0.134 e. The van der Waals surface area contributed by atoms with Crippen LogP contribution >= 0.6 is 11.6 Å². The highest BCUT2D eigenvalue weighted by atomic mass is 35.5. The Morgan fingerprint density at radius 3 is 2.66 bits per heavy atom. The number of hydrogen-bond donors (Lipinski definition) is 2. The number of fused-ring (bicyclic) bond motifs is 2. The lowest BCUT2D eigenvalue weighted by Crippen LogP contribution is -2.28. The van der Waals surface area contributed by atoms with E-state index in [1.165, 1.54) is 0 Å². The zero-order chi connectivity index (χ0) is 23.9. The lowest BCUT2D eigenvalue weighted by atomic mass is 10.0. The molecular weight excluding hydrogens is 462 g/mol. The summed E-state index contributed by atoms with van der Waals surface area (Å²) in [5.74, 6) is 1.22. The summed E-state index contributed by atoms with van der Waals surface area (Å²) in [6, 6.07) is 15.7. The predicted octanol–water partition coefficient (Wildman–Crippen LogP) is 4.72. The number of halogens is 1. The molecule has 4 heterocycles. The lowest BCUT2D eigenvalue weighted by Gasteiger charge is -2.26. The number of imidazole rings is 1. The van der Waals surface area contributed by atoms with Gasteiger partial charge in [0.2, 0.25) is 0 Å². The van der Waals surface area contributed by atoms with E-state index in [-0.39, 0.29) is 11.8 Å². The van der Waals surface area contributed by atoms with Crippen molar-refractivity contribution >= 4 is 45.7 Å². The lowest BCUT2D eigenvalue weighted by molar-refractivity contribution is 0.00449. The number of ether oxygens (including phenoxy) is 1. The van der Waals surface area contributed by atoms with Crippen molar-refractivity contribution in [3.63, 3.8) is 0 Å². The minimum atomic E-state index is 0.128. The third-order valence-corrected chi connectivity index (χ3v) is 6.53. The molecule has 8 nitrogen and oxygen atoms in total. The maximum absolute atomic E-state index is 7.45. The number of hydrogen-bond acceptors (Lipinski definition) is 5. The summed E-state index contributed by atoms with van der Waals surface area (Å²) in [6.45, 7) is 1.17. The molecule has 172 valence electrons. The van der Waals surface area contributed by atoms with Crippen molar-refractivity contribution in [1.82, 2.24) is 19.5 Å². The van der Waals surface area contributed by atoms with Gasteiger partial charge in [0, 0.05) is 29.5 Å². The molecule has 0 bridgehead atoms. The van der Waals surface area contributed by atoms with Crippen LogP contribution in [0, 0.1) is 5.41 Å². The van der Waals surface area contributed by atoms with Gasteiger partial charge in [-0.05, 0) is 47.5 Å². The van der Waals surface area contributed by atoms with Gasteiger partial charge in [-0.15, -0.1) is 0 Å². The Balaban J connectivity index is 1.74. The molecule has 1 aliphatic heterocycles. The van der Waals surface area contributed by atoms with E-state index in [0.29, 0.717) is 29.3 Å². The Hall–Kier alpha value is -4.14. The van der Waals surface area contributed by atoms with E-state index in [0.717, 1.165) is 45.4 Å². The molecule has 3 aromatic heterocycles. The van der Waals surface area contributed by atoms with E-state index in [2.05, 4.69) is 25.6 Å². The summed E-state index contributed by atoms with van der Waals surface area (Å²) in [7, 11) is 0. The second-order valence-corrected chi connectivity index (χ2v) is 8.68. The molecule has 0 aliphatic carbocycles. The number of aromatic nitrogens is 4. The van der Waals surface area contributed by atoms with Crippen LogP contribution in [0.4, 0.5) is 0 Å². The van der Waals surface area contributed by atoms with Crippen LogP contribution in [0.25, 0.3) is 38.8 Å². The number of rotatable bonds is 5. The highest BCUT2D eigenvalue weighted by Crippen LogP contribution is 2.37. The zero-order valence-corrected chi connectivity index (χ0v) is 19.3. The van der Waals surface area contributed by atoms with Crippen LogP contribution in [0.15, 0.2) is 72.1 Å². The molecule has 0 radical (unpaired) electrons. The first-order chi connectivity index (χ1) is 17.2. The highest BCUT2D eigenvalue weighted by molar-refractivity contribution is 6.35. The average molecular weight is 482 g/mol. The molecule has 0 saturated carbocycles. The second-order valence-electron chi connectivity index (χ2n) is 8.28. The van der Waals surface area contributed by atoms with Crippen LogP contribution < -0.4 is 5.73 Å². The molecule has 0 amide bonds. The van der Waals surface area contributed by atoms with Gasteiger partial charge >= 0.3 is 0 Å². The smallest absolute Gasteiger partial charge is 0.134 e. The number of para-hydroxylation sites is 1. The van der Waals surface area contributed by atoms with Crippen LogP contribution in [-0.2, 0) is 4.74 Å². The average Bonchev–Trinajstić information content (AvgIpc) is 3.21. The maximum atomic E-state index is 7.45. The Bertz CT molecular complexity index is 1620. The molecule has 3 N–H and O–H groups in total. The van der Waals surface area contributed by atoms with Crippen molar-refractivity contribution in [3.8, 4) is 16.8 Å². The first kappa shape index (κ1) is 21.4. The molecule has 0 atom stereocenters. The van der Waals surface area contributed by atoms with Crippen molar-refractivity contribution in [2.24, 2.45) is 10.7 Å². The largest absolute Gasteiger partial charge is 0.383 e. The van der Waals surface area contributed by atoms with Gasteiger partial charge in [-0.25, -0.2) is 9.98 Å². The summed E-state index contributed by atoms with van der Waals surface area (Å²) >= 11 is 6.49. The Morgan fingerprint density at radius 2 is 1.91 bits per heavy atom. The number of nitrogens with two attached hydrogens (primary N) is 1. The van der Waals surface area contributed by atoms with Gasteiger partial charge in [-0.3, -0.25) is 19.9 Å². The monoisotopic (exact) mass is 481 g/mol. The fraction of sp³-hybridized carbons (Fsp3) is 0.115. The van der Waals surface area contributed by atoms with E-state index < -0.39 is 0 Å². The number of amidine groups is 1. The molecular formula is C26H20ClN7O. The Kier molecular flexibility index (Phi) is 5.24. The van der Waals surface area contributed by atoms with Gasteiger partial charge < -0.3 is 10.5 Å². The third kappa shape index (κ3) is 3.54. The first-order valence-electron chi connectivity index (χ1n) is 11.1. The van der Waals surface area contributed by atoms with Gasteiger partial charge in [-0.2, -0.15) is 0 Å². The summed E-state index contributed by atoms with van der Waals surface area (Å²) in [4.78, 5) is 17.8. The number of nitrogens with one attached hydrogen (secondary N) is 1. The number of benzene rings is 2. The van der Waals surface area contributed by atoms with Crippen molar-refractivity contribution in [3.05, 3.63) is 83.5 Å². The molecule has 1 fully saturated rings. The summed E-state index contributed by atoms with van der Waals surface area (Å²) in [5, 5.41) is 8.95. The van der Waals surface area contributed by atoms with Crippen LogP contribution in [0.2, 0.25) is 5.02 Å². The summed E-state index contributed by atoms with van der Waals surface area (Å²) in [6.07, 6.45) is 6.20. The quantitative estimate of drug-likeness (QED) is 0.278. The van der Waals surface area contributed by atoms with Crippen molar-refractivity contribution < 1.29 is 4.74 Å². The molecule has 1 saturated heterocycles. The van der Waals surface area contributed by atoms with E-state index in [9.17, 15) is 0 Å². The first-order valence-corrected chi connectivity index (χ1v) is 11.4. The molecule has 5 aromatic rings. The fourth-order valence-corrected chi connectivity index (χ4v) is 4.70. The second kappa shape index (κ2) is 8.57. The third-order valence-electron chi connectivity index (χ3n) is 6.22. The van der Waals surface area contributed by atoms with Crippen LogP contribution in [0.3, 0.4) is 0 Å². The van der Waals surface area contributed by atoms with Gasteiger partial charge in [0.15, 0.2) is 0 Å². The van der Waals surface area contributed by atoms with E-state index >= 15 is 0 Å². The van der Waals surface area contributed by atoms with E-state index in [1.54, 1.807) is 18.6 Å². The number of pyridine rings is 2. The summed E-state index contributed by atoms with van der Waals surface area (Å²) in [5.41, 5.74) is 12.1. The van der Waals surface area contributed by atoms with Gasteiger partial charge in [0.05, 0.1) is 40.9 Å². The van der Waals surface area contributed by atoms with Crippen LogP contribution in [0.5, 0.6) is 0 Å². The Labute approximate surface area is 205 Å². The van der Waals surface area contributed by atoms with Gasteiger partial charge in [0.25, 0.3) is 0 Å². The van der Waals surface area contributed by atoms with E-state index in [1.807, 2.05) is 42.5 Å². The minimum absolute atomic E-state index is 0.128. The SMILES string of the molecule is N=CN=C(N)c1cc(-c2ccncc2)cc2c1nc(C1COC1)n2-c1ccnc2c(Cl)cccc12. The van der Waals surface area contributed by atoms with Crippen LogP contribution in [0.1, 0.15) is 17.3 Å². The number of nitrogens with zero attached hydrogens (tertiary/aromatic N) is 5. The van der Waals surface area contributed by atoms with E-state index in [4.69, 9.17) is 32.5 Å². The zero-order valence-electron chi connectivity index (χ0n) is 18.5. The normalized spacial score (nSPS) is 14.4. The minimum Gasteiger partial charge on any atom is -0.383 e. The van der Waals surface area contributed by atoms with Crippen molar-refractivity contribution in [1.29, 1.82) is 5.41 Å². The molecule has 0 unspecified atom stereocenters. The topological polar surface area (TPSA) is 115 Å². The van der Waals surface area contributed by atoms with Crippen molar-refractivity contribution in [2.75, 3.05) is 13.2 Å². The molecule has 35 heavy (non-hydrogen) atoms. The summed E-state index contributed by atoms with van der Waals surface area (Å²) < 4.78 is 7.67. The number of aliphatic imine (C=N–C) groups is 1. The molecule has 1 aliphatic rings. The molecule has 0 spiro atoms. The molecule has 6 rings (SSSR count). The van der Waals surface area contributed by atoms with Crippen molar-refractivity contribution in [2.45, 2.75) is 5.92 Å². The Morgan fingerprint density at radius 1 is 1.09 bits per heavy atom. The highest BCUT2D eigenvalue weighted by Gasteiger charge is 2.29. The van der Waals surface area contributed by atoms with Crippen LogP contribution in [-0.4, -0.2) is 44.9 Å². The van der Waals surface area contributed by atoms with Gasteiger partial charge in [-0.1, -0.05) is 23.7 Å². The fourth-order valence-electron chi connectivity index (χ4n) is 4.47. The predicted molar refractivity (Wildman–Crippen MR) is 138 cm³/mol. The van der Waals surface area contributed by atoms with Gasteiger partial charge in [0.1, 0.15) is 23.5 Å².